The molecular weight excluding hydrogens is 381 g/mol. The van der Waals surface area contributed by atoms with Crippen LogP contribution in [0.5, 0.6) is 5.75 Å². The van der Waals surface area contributed by atoms with Crippen molar-refractivity contribution in [2.24, 2.45) is 0 Å². The third-order valence-electron chi connectivity index (χ3n) is 4.86. The molecule has 0 saturated carbocycles. The van der Waals surface area contributed by atoms with Crippen molar-refractivity contribution in [2.75, 3.05) is 13.7 Å². The van der Waals surface area contributed by atoms with Crippen molar-refractivity contribution in [1.29, 1.82) is 0 Å². The lowest BCUT2D eigenvalue weighted by Crippen LogP contribution is -2.31. The molecule has 3 aromatic rings. The van der Waals surface area contributed by atoms with Crippen molar-refractivity contribution in [3.05, 3.63) is 71.4 Å². The molecule has 5 nitrogen and oxygen atoms in total. The second kappa shape index (κ2) is 7.79. The maximum absolute atomic E-state index is 12.8. The molecule has 0 N–H and O–H groups in total. The van der Waals surface area contributed by atoms with Crippen LogP contribution in [0.15, 0.2) is 48.8 Å². The molecule has 0 radical (unpaired) electrons. The summed E-state index contributed by atoms with van der Waals surface area (Å²) in [7, 11) is 1.63. The number of benzene rings is 1. The first kappa shape index (κ1) is 19.3. The first-order valence-corrected chi connectivity index (χ1v) is 9.16. The van der Waals surface area contributed by atoms with E-state index >= 15 is 0 Å². The van der Waals surface area contributed by atoms with Gasteiger partial charge in [-0.1, -0.05) is 18.2 Å². The number of fused-ring (bicyclic) bond motifs is 1. The summed E-state index contributed by atoms with van der Waals surface area (Å²) in [5.74, 6) is -0.293. The van der Waals surface area contributed by atoms with Gasteiger partial charge in [0.1, 0.15) is 5.75 Å². The minimum Gasteiger partial charge on any atom is -0.497 e. The Labute approximate surface area is 166 Å². The van der Waals surface area contributed by atoms with Crippen LogP contribution in [0, 0.1) is 0 Å². The largest absolute Gasteiger partial charge is 0.497 e. The van der Waals surface area contributed by atoms with Gasteiger partial charge in [0.05, 0.1) is 18.5 Å². The lowest BCUT2D eigenvalue weighted by molar-refractivity contribution is -0.145. The van der Waals surface area contributed by atoms with E-state index in [1.54, 1.807) is 7.11 Å². The van der Waals surface area contributed by atoms with Crippen LogP contribution in [-0.4, -0.2) is 33.5 Å². The van der Waals surface area contributed by atoms with Gasteiger partial charge in [0, 0.05) is 49.6 Å². The molecule has 0 spiro atoms. The van der Waals surface area contributed by atoms with Crippen LogP contribution in [0.2, 0.25) is 0 Å². The highest BCUT2D eigenvalue weighted by atomic mass is 19.4. The highest BCUT2D eigenvalue weighted by molar-refractivity contribution is 5.61. The molecule has 2 aromatic heterocycles. The molecule has 0 fully saturated rings. The smallest absolute Gasteiger partial charge is 0.451 e. The Morgan fingerprint density at radius 3 is 2.69 bits per heavy atom. The summed E-state index contributed by atoms with van der Waals surface area (Å²) in [6.07, 6.45) is -0.923. The third-order valence-corrected chi connectivity index (χ3v) is 4.86. The highest BCUT2D eigenvalue weighted by Gasteiger charge is 2.35. The fourth-order valence-corrected chi connectivity index (χ4v) is 3.38. The molecule has 4 rings (SSSR count). The first-order chi connectivity index (χ1) is 13.9. The Bertz CT molecular complexity index is 1010. The molecule has 1 aliphatic heterocycles. The van der Waals surface area contributed by atoms with E-state index in [0.717, 1.165) is 28.1 Å². The van der Waals surface area contributed by atoms with Crippen molar-refractivity contribution >= 4 is 0 Å². The lowest BCUT2D eigenvalue weighted by Gasteiger charge is -2.28. The van der Waals surface area contributed by atoms with E-state index in [-0.39, 0.29) is 0 Å². The maximum Gasteiger partial charge on any atom is 0.451 e. The van der Waals surface area contributed by atoms with E-state index in [2.05, 4.69) is 19.9 Å². The van der Waals surface area contributed by atoms with E-state index in [1.165, 1.54) is 6.20 Å². The monoisotopic (exact) mass is 400 g/mol. The molecule has 0 unspecified atom stereocenters. The number of nitrogens with zero attached hydrogens (tertiary/aromatic N) is 4. The summed E-state index contributed by atoms with van der Waals surface area (Å²) in [4.78, 5) is 13.9. The zero-order valence-electron chi connectivity index (χ0n) is 15.8. The number of methoxy groups -OCH3 is 1. The van der Waals surface area contributed by atoms with Crippen molar-refractivity contribution in [1.82, 2.24) is 19.9 Å². The highest BCUT2D eigenvalue weighted by Crippen LogP contribution is 2.28. The van der Waals surface area contributed by atoms with Crippen LogP contribution < -0.4 is 4.74 Å². The van der Waals surface area contributed by atoms with E-state index in [1.807, 2.05) is 42.6 Å². The standard InChI is InChI=1S/C21H19F3N4O/c1-29-17-4-2-3-15(9-17)18-6-5-14(10-25-18)12-28-8-7-19-16(13-28)11-26-20(27-19)21(22,23)24/h2-6,9-11H,7-8,12-13H2,1H3. The molecule has 8 heteroatoms. The molecule has 0 saturated heterocycles. The summed E-state index contributed by atoms with van der Waals surface area (Å²) in [6.45, 7) is 1.82. The minimum atomic E-state index is -4.51. The van der Waals surface area contributed by atoms with Crippen LogP contribution in [0.4, 0.5) is 13.2 Å². The molecule has 1 aliphatic rings. The van der Waals surface area contributed by atoms with Crippen molar-refractivity contribution in [2.45, 2.75) is 25.7 Å². The average Bonchev–Trinajstić information content (AvgIpc) is 2.73. The zero-order chi connectivity index (χ0) is 20.4. The number of hydrogen-bond acceptors (Lipinski definition) is 5. The molecule has 1 aromatic carbocycles. The number of aromatic nitrogens is 3. The third kappa shape index (κ3) is 4.37. The Balaban J connectivity index is 1.44. The van der Waals surface area contributed by atoms with Gasteiger partial charge in [-0.25, -0.2) is 9.97 Å². The van der Waals surface area contributed by atoms with Crippen LogP contribution in [0.3, 0.4) is 0 Å². The van der Waals surface area contributed by atoms with Gasteiger partial charge in [0.15, 0.2) is 0 Å². The van der Waals surface area contributed by atoms with E-state index < -0.39 is 12.0 Å². The summed E-state index contributed by atoms with van der Waals surface area (Å²) in [5.41, 5.74) is 4.08. The van der Waals surface area contributed by atoms with E-state index in [0.29, 0.717) is 31.7 Å². The van der Waals surface area contributed by atoms with Crippen LogP contribution in [0.25, 0.3) is 11.3 Å². The zero-order valence-corrected chi connectivity index (χ0v) is 15.8. The summed E-state index contributed by atoms with van der Waals surface area (Å²) in [5, 5.41) is 0. The average molecular weight is 400 g/mol. The Hall–Kier alpha value is -3.00. The number of hydrogen-bond donors (Lipinski definition) is 0. The van der Waals surface area contributed by atoms with Crippen LogP contribution >= 0.6 is 0 Å². The van der Waals surface area contributed by atoms with Gasteiger partial charge < -0.3 is 4.74 Å². The molecule has 3 heterocycles. The fraction of sp³-hybridized carbons (Fsp3) is 0.286. The van der Waals surface area contributed by atoms with Gasteiger partial charge in [-0.05, 0) is 23.8 Å². The van der Waals surface area contributed by atoms with E-state index in [9.17, 15) is 13.2 Å². The topological polar surface area (TPSA) is 51.1 Å². The SMILES string of the molecule is COc1cccc(-c2ccc(CN3CCc4nc(C(F)(F)F)ncc4C3)cn2)c1. The fourth-order valence-electron chi connectivity index (χ4n) is 3.38. The number of pyridine rings is 1. The summed E-state index contributed by atoms with van der Waals surface area (Å²) in [6, 6.07) is 11.7. The second-order valence-corrected chi connectivity index (χ2v) is 6.91. The maximum atomic E-state index is 12.8. The van der Waals surface area contributed by atoms with Gasteiger partial charge in [-0.15, -0.1) is 0 Å². The Kier molecular flexibility index (Phi) is 5.19. The molecule has 0 amide bonds. The molecule has 150 valence electrons. The minimum absolute atomic E-state index is 0.469. The predicted molar refractivity (Wildman–Crippen MR) is 101 cm³/mol. The summed E-state index contributed by atoms with van der Waals surface area (Å²) < 4.78 is 43.6. The van der Waals surface area contributed by atoms with Crippen molar-refractivity contribution in [3.63, 3.8) is 0 Å². The molecule has 0 bridgehead atoms. The number of alkyl halides is 3. The predicted octanol–water partition coefficient (Wildman–Crippen LogP) is 4.12. The quantitative estimate of drug-likeness (QED) is 0.659. The van der Waals surface area contributed by atoms with Gasteiger partial charge in [0.2, 0.25) is 5.82 Å². The normalized spacial score (nSPS) is 14.5. The number of ether oxygens (including phenoxy) is 1. The van der Waals surface area contributed by atoms with Crippen molar-refractivity contribution in [3.8, 4) is 17.0 Å². The molecular formula is C21H19F3N4O. The van der Waals surface area contributed by atoms with Crippen LogP contribution in [-0.2, 0) is 25.7 Å². The van der Waals surface area contributed by atoms with Gasteiger partial charge in [-0.3, -0.25) is 9.88 Å². The lowest BCUT2D eigenvalue weighted by atomic mass is 10.1. The first-order valence-electron chi connectivity index (χ1n) is 9.16. The van der Waals surface area contributed by atoms with Gasteiger partial charge in [0.25, 0.3) is 0 Å². The molecule has 0 aliphatic carbocycles. The van der Waals surface area contributed by atoms with Crippen molar-refractivity contribution < 1.29 is 17.9 Å². The second-order valence-electron chi connectivity index (χ2n) is 6.91. The Morgan fingerprint density at radius 1 is 1.10 bits per heavy atom. The number of rotatable bonds is 4. The van der Waals surface area contributed by atoms with E-state index in [4.69, 9.17) is 4.74 Å². The van der Waals surface area contributed by atoms with Crippen LogP contribution in [0.1, 0.15) is 22.6 Å². The van der Waals surface area contributed by atoms with Gasteiger partial charge in [-0.2, -0.15) is 13.2 Å². The Morgan fingerprint density at radius 2 is 1.97 bits per heavy atom. The molecule has 29 heavy (non-hydrogen) atoms. The number of halogens is 3. The summed E-state index contributed by atoms with van der Waals surface area (Å²) >= 11 is 0. The van der Waals surface area contributed by atoms with Gasteiger partial charge >= 0.3 is 6.18 Å². The molecule has 0 atom stereocenters.